The van der Waals surface area contributed by atoms with Crippen LogP contribution in [0.1, 0.15) is 15.9 Å². The van der Waals surface area contributed by atoms with Crippen LogP contribution in [0.5, 0.6) is 5.75 Å². The molecule has 122 valence electrons. The van der Waals surface area contributed by atoms with Crippen LogP contribution in [-0.4, -0.2) is 25.0 Å². The molecule has 0 aliphatic carbocycles. The van der Waals surface area contributed by atoms with E-state index in [1.807, 2.05) is 55.6 Å². The van der Waals surface area contributed by atoms with Crippen LogP contribution < -0.4 is 4.74 Å². The summed E-state index contributed by atoms with van der Waals surface area (Å²) < 4.78 is 6.06. The van der Waals surface area contributed by atoms with Gasteiger partial charge in [0.2, 0.25) is 0 Å². The Kier molecular flexibility index (Phi) is 4.86. The van der Waals surface area contributed by atoms with Gasteiger partial charge >= 0.3 is 0 Å². The van der Waals surface area contributed by atoms with Crippen molar-refractivity contribution in [3.8, 4) is 5.75 Å². The lowest BCUT2D eigenvalue weighted by atomic mass is 10.1. The van der Waals surface area contributed by atoms with E-state index in [-0.39, 0.29) is 5.91 Å². The van der Waals surface area contributed by atoms with Crippen molar-refractivity contribution in [1.29, 1.82) is 0 Å². The van der Waals surface area contributed by atoms with Crippen molar-refractivity contribution in [3.63, 3.8) is 0 Å². The molecule has 3 rings (SSSR count). The maximum Gasteiger partial charge on any atom is 0.255 e. The Hall–Kier alpha value is -2.33. The minimum absolute atomic E-state index is 0.00250. The number of ether oxygens (including phenoxy) is 1. The molecule has 0 aliphatic heterocycles. The number of fused-ring (bicyclic) bond motifs is 1. The molecular formula is C20H18BrNO2. The molecule has 0 radical (unpaired) electrons. The van der Waals surface area contributed by atoms with E-state index in [1.54, 1.807) is 12.0 Å². The van der Waals surface area contributed by atoms with Crippen molar-refractivity contribution in [2.45, 2.75) is 6.54 Å². The zero-order valence-corrected chi connectivity index (χ0v) is 15.2. The fourth-order valence-electron chi connectivity index (χ4n) is 2.68. The Balaban J connectivity index is 1.81. The van der Waals surface area contributed by atoms with Gasteiger partial charge in [0.15, 0.2) is 0 Å². The zero-order chi connectivity index (χ0) is 17.1. The highest BCUT2D eigenvalue weighted by atomic mass is 79.9. The smallest absolute Gasteiger partial charge is 0.255 e. The number of amides is 1. The molecular weight excluding hydrogens is 366 g/mol. The van der Waals surface area contributed by atoms with Gasteiger partial charge in [-0.2, -0.15) is 0 Å². The summed E-state index contributed by atoms with van der Waals surface area (Å²) in [6, 6.07) is 19.7. The molecule has 0 bridgehead atoms. The lowest BCUT2D eigenvalue weighted by molar-refractivity contribution is 0.0784. The molecule has 3 nitrogen and oxygen atoms in total. The number of nitrogens with zero attached hydrogens (tertiary/aromatic N) is 1. The maximum absolute atomic E-state index is 12.6. The lowest BCUT2D eigenvalue weighted by Crippen LogP contribution is -2.26. The van der Waals surface area contributed by atoms with Crippen LogP contribution in [0.25, 0.3) is 10.8 Å². The summed E-state index contributed by atoms with van der Waals surface area (Å²) in [7, 11) is 3.48. The number of rotatable bonds is 4. The predicted molar refractivity (Wildman–Crippen MR) is 100 cm³/mol. The quantitative estimate of drug-likeness (QED) is 0.642. The first kappa shape index (κ1) is 16.5. The van der Waals surface area contributed by atoms with Crippen molar-refractivity contribution in [2.75, 3.05) is 14.2 Å². The van der Waals surface area contributed by atoms with Crippen molar-refractivity contribution in [2.24, 2.45) is 0 Å². The number of hydrogen-bond donors (Lipinski definition) is 0. The van der Waals surface area contributed by atoms with E-state index >= 15 is 0 Å². The second-order valence-corrected chi connectivity index (χ2v) is 6.54. The summed E-state index contributed by atoms with van der Waals surface area (Å²) in [5.74, 6) is 0.841. The molecule has 0 atom stereocenters. The first-order valence-corrected chi connectivity index (χ1v) is 8.44. The molecule has 1 amide bonds. The monoisotopic (exact) mass is 383 g/mol. The highest BCUT2D eigenvalue weighted by Crippen LogP contribution is 2.23. The average molecular weight is 384 g/mol. The maximum atomic E-state index is 12.6. The van der Waals surface area contributed by atoms with Crippen LogP contribution in [0.2, 0.25) is 0 Å². The van der Waals surface area contributed by atoms with E-state index < -0.39 is 0 Å². The summed E-state index contributed by atoms with van der Waals surface area (Å²) in [6.45, 7) is 0.558. The minimum Gasteiger partial charge on any atom is -0.497 e. The van der Waals surface area contributed by atoms with E-state index in [0.29, 0.717) is 12.1 Å². The molecule has 3 aromatic rings. The van der Waals surface area contributed by atoms with E-state index in [4.69, 9.17) is 4.74 Å². The van der Waals surface area contributed by atoms with Crippen LogP contribution in [-0.2, 0) is 6.54 Å². The topological polar surface area (TPSA) is 29.5 Å². The second kappa shape index (κ2) is 7.05. The van der Waals surface area contributed by atoms with Crippen LogP contribution in [0.4, 0.5) is 0 Å². The van der Waals surface area contributed by atoms with E-state index in [9.17, 15) is 4.79 Å². The number of halogens is 1. The number of hydrogen-bond acceptors (Lipinski definition) is 2. The third-order valence-corrected chi connectivity index (χ3v) is 4.67. The molecule has 0 N–H and O–H groups in total. The van der Waals surface area contributed by atoms with Gasteiger partial charge in [0, 0.05) is 18.1 Å². The molecule has 3 aromatic carbocycles. The first-order valence-electron chi connectivity index (χ1n) is 7.65. The zero-order valence-electron chi connectivity index (χ0n) is 13.6. The largest absolute Gasteiger partial charge is 0.497 e. The van der Waals surface area contributed by atoms with Gasteiger partial charge in [0.1, 0.15) is 5.75 Å². The normalized spacial score (nSPS) is 10.6. The van der Waals surface area contributed by atoms with Gasteiger partial charge in [-0.05, 0) is 62.6 Å². The Labute approximate surface area is 150 Å². The number of benzene rings is 3. The Morgan fingerprint density at radius 2 is 1.75 bits per heavy atom. The van der Waals surface area contributed by atoms with Gasteiger partial charge in [0.25, 0.3) is 5.91 Å². The lowest BCUT2D eigenvalue weighted by Gasteiger charge is -2.18. The third kappa shape index (κ3) is 3.44. The molecule has 24 heavy (non-hydrogen) atoms. The van der Waals surface area contributed by atoms with Gasteiger partial charge < -0.3 is 9.64 Å². The van der Waals surface area contributed by atoms with Gasteiger partial charge in [-0.1, -0.05) is 30.3 Å². The molecule has 0 saturated carbocycles. The Morgan fingerprint density at radius 1 is 1.04 bits per heavy atom. The fraction of sp³-hybridized carbons (Fsp3) is 0.150. The molecule has 0 aliphatic rings. The van der Waals surface area contributed by atoms with E-state index in [2.05, 4.69) is 28.1 Å². The van der Waals surface area contributed by atoms with Gasteiger partial charge in [0.05, 0.1) is 12.7 Å². The van der Waals surface area contributed by atoms with Crippen molar-refractivity contribution in [1.82, 2.24) is 4.90 Å². The van der Waals surface area contributed by atoms with E-state index in [1.165, 1.54) is 0 Å². The molecule has 0 aromatic heterocycles. The van der Waals surface area contributed by atoms with Crippen molar-refractivity contribution >= 4 is 32.6 Å². The van der Waals surface area contributed by atoms with Crippen molar-refractivity contribution < 1.29 is 9.53 Å². The summed E-state index contributed by atoms with van der Waals surface area (Å²) in [4.78, 5) is 14.3. The van der Waals surface area contributed by atoms with Crippen LogP contribution in [0, 0.1) is 0 Å². The predicted octanol–water partition coefficient (Wildman–Crippen LogP) is 4.88. The highest BCUT2D eigenvalue weighted by molar-refractivity contribution is 9.10. The van der Waals surface area contributed by atoms with E-state index in [0.717, 1.165) is 26.6 Å². The number of carbonyl (C=O) groups excluding carboxylic acids is 1. The average Bonchev–Trinajstić information content (AvgIpc) is 2.61. The Morgan fingerprint density at radius 3 is 2.50 bits per heavy atom. The summed E-state index contributed by atoms with van der Waals surface area (Å²) in [5.41, 5.74) is 1.76. The van der Waals surface area contributed by atoms with Gasteiger partial charge in [-0.3, -0.25) is 4.79 Å². The fourth-order valence-corrected chi connectivity index (χ4v) is 3.14. The number of methoxy groups -OCH3 is 1. The molecule has 0 fully saturated rings. The minimum atomic E-state index is -0.00250. The first-order chi connectivity index (χ1) is 11.6. The Bertz CT molecular complexity index is 892. The second-order valence-electron chi connectivity index (χ2n) is 5.69. The van der Waals surface area contributed by atoms with Crippen LogP contribution in [0.15, 0.2) is 65.1 Å². The van der Waals surface area contributed by atoms with Gasteiger partial charge in [-0.15, -0.1) is 0 Å². The number of carbonyl (C=O) groups is 1. The molecule has 0 saturated heterocycles. The summed E-state index contributed by atoms with van der Waals surface area (Å²) in [6.07, 6.45) is 0. The summed E-state index contributed by atoms with van der Waals surface area (Å²) >= 11 is 3.44. The molecule has 0 heterocycles. The van der Waals surface area contributed by atoms with Crippen LogP contribution >= 0.6 is 15.9 Å². The molecule has 0 unspecified atom stereocenters. The molecule has 0 spiro atoms. The highest BCUT2D eigenvalue weighted by Gasteiger charge is 2.14. The van der Waals surface area contributed by atoms with Crippen LogP contribution in [0.3, 0.4) is 0 Å². The summed E-state index contributed by atoms with van der Waals surface area (Å²) in [5, 5.41) is 2.26. The SMILES string of the molecule is COc1ccc2cc(CN(C)C(=O)c3ccccc3Br)ccc2c1. The van der Waals surface area contributed by atoms with Gasteiger partial charge in [-0.25, -0.2) is 0 Å². The molecule has 4 heteroatoms. The van der Waals surface area contributed by atoms with Crippen molar-refractivity contribution in [3.05, 3.63) is 76.3 Å². The standard InChI is InChI=1S/C20H18BrNO2/c1-22(20(23)18-5-3-4-6-19(18)21)13-14-7-8-16-12-17(24-2)10-9-15(16)11-14/h3-12H,13H2,1-2H3. The third-order valence-electron chi connectivity index (χ3n) is 3.98.